The van der Waals surface area contributed by atoms with E-state index in [0.29, 0.717) is 34.1 Å². The van der Waals surface area contributed by atoms with Crippen LogP contribution < -0.4 is 5.32 Å². The standard InChI is InChI=1S/C21H15ClN2O2/c22-16-8-6-15(7-9-16)21-24-18-13-17(10-11-19(18)26-21)23-20(25)12-14-4-2-1-3-5-14/h1-11,13H,12H2,(H,23,25). The molecule has 0 aliphatic heterocycles. The number of benzene rings is 3. The summed E-state index contributed by atoms with van der Waals surface area (Å²) in [5.74, 6) is 0.446. The van der Waals surface area contributed by atoms with Crippen LogP contribution >= 0.6 is 11.6 Å². The molecule has 0 saturated heterocycles. The third-order valence-corrected chi connectivity index (χ3v) is 4.22. The molecule has 0 radical (unpaired) electrons. The molecule has 0 aliphatic carbocycles. The third-order valence-electron chi connectivity index (χ3n) is 3.97. The van der Waals surface area contributed by atoms with Gasteiger partial charge in [-0.05, 0) is 48.0 Å². The molecule has 0 unspecified atom stereocenters. The van der Waals surface area contributed by atoms with Crippen LogP contribution in [0, 0.1) is 0 Å². The molecule has 128 valence electrons. The Morgan fingerprint density at radius 2 is 1.77 bits per heavy atom. The Morgan fingerprint density at radius 3 is 2.54 bits per heavy atom. The predicted octanol–water partition coefficient (Wildman–Crippen LogP) is 5.33. The molecule has 4 rings (SSSR count). The second kappa shape index (κ2) is 7.02. The second-order valence-electron chi connectivity index (χ2n) is 5.92. The maximum atomic E-state index is 12.2. The lowest BCUT2D eigenvalue weighted by Crippen LogP contribution is -2.14. The van der Waals surface area contributed by atoms with E-state index in [0.717, 1.165) is 11.1 Å². The largest absolute Gasteiger partial charge is 0.436 e. The summed E-state index contributed by atoms with van der Waals surface area (Å²) in [6, 6.07) is 22.3. The Kier molecular flexibility index (Phi) is 4.42. The zero-order chi connectivity index (χ0) is 17.9. The van der Waals surface area contributed by atoms with Gasteiger partial charge in [-0.2, -0.15) is 0 Å². The van der Waals surface area contributed by atoms with Crippen LogP contribution in [0.5, 0.6) is 0 Å². The molecule has 4 nitrogen and oxygen atoms in total. The van der Waals surface area contributed by atoms with Crippen molar-refractivity contribution >= 4 is 34.3 Å². The van der Waals surface area contributed by atoms with Crippen molar-refractivity contribution in [2.24, 2.45) is 0 Å². The summed E-state index contributed by atoms with van der Waals surface area (Å²) >= 11 is 5.91. The molecule has 0 saturated carbocycles. The number of carbonyl (C=O) groups is 1. The maximum absolute atomic E-state index is 12.2. The molecule has 3 aromatic carbocycles. The first-order valence-corrected chi connectivity index (χ1v) is 8.55. The number of nitrogens with one attached hydrogen (secondary N) is 1. The van der Waals surface area contributed by atoms with Crippen LogP contribution in [0.4, 0.5) is 5.69 Å². The summed E-state index contributed by atoms with van der Waals surface area (Å²) in [5.41, 5.74) is 3.86. The highest BCUT2D eigenvalue weighted by molar-refractivity contribution is 6.30. The topological polar surface area (TPSA) is 55.1 Å². The number of amides is 1. The molecule has 1 N–H and O–H groups in total. The van der Waals surface area contributed by atoms with Gasteiger partial charge in [0.15, 0.2) is 5.58 Å². The molecule has 0 bridgehead atoms. The normalized spacial score (nSPS) is 10.8. The number of oxazole rings is 1. The number of hydrogen-bond donors (Lipinski definition) is 1. The molecule has 4 aromatic rings. The Morgan fingerprint density at radius 1 is 1.00 bits per heavy atom. The van der Waals surface area contributed by atoms with Crippen LogP contribution in [0.1, 0.15) is 5.56 Å². The number of anilines is 1. The third kappa shape index (κ3) is 3.60. The van der Waals surface area contributed by atoms with Crippen LogP contribution in [-0.2, 0) is 11.2 Å². The Balaban J connectivity index is 1.54. The molecule has 0 aliphatic rings. The van der Waals surface area contributed by atoms with Crippen LogP contribution in [0.2, 0.25) is 5.02 Å². The first-order valence-electron chi connectivity index (χ1n) is 8.18. The molecular formula is C21H15ClN2O2. The van der Waals surface area contributed by atoms with E-state index < -0.39 is 0 Å². The Bertz CT molecular complexity index is 1060. The van der Waals surface area contributed by atoms with E-state index >= 15 is 0 Å². The fourth-order valence-electron chi connectivity index (χ4n) is 2.71. The van der Waals surface area contributed by atoms with Crippen molar-refractivity contribution in [3.8, 4) is 11.5 Å². The van der Waals surface area contributed by atoms with Crippen LogP contribution in [0.25, 0.3) is 22.6 Å². The summed E-state index contributed by atoms with van der Waals surface area (Å²) in [6.07, 6.45) is 0.327. The molecule has 1 heterocycles. The summed E-state index contributed by atoms with van der Waals surface area (Å²) in [5, 5.41) is 3.56. The zero-order valence-corrected chi connectivity index (χ0v) is 14.5. The highest BCUT2D eigenvalue weighted by Crippen LogP contribution is 2.27. The monoisotopic (exact) mass is 362 g/mol. The van der Waals surface area contributed by atoms with Crippen molar-refractivity contribution in [3.05, 3.63) is 83.4 Å². The number of halogens is 1. The molecular weight excluding hydrogens is 348 g/mol. The predicted molar refractivity (Wildman–Crippen MR) is 103 cm³/mol. The molecule has 26 heavy (non-hydrogen) atoms. The maximum Gasteiger partial charge on any atom is 0.228 e. The van der Waals surface area contributed by atoms with E-state index in [4.69, 9.17) is 16.0 Å². The molecule has 0 fully saturated rings. The minimum absolute atomic E-state index is 0.0723. The summed E-state index contributed by atoms with van der Waals surface area (Å²) < 4.78 is 5.78. The van der Waals surface area contributed by atoms with E-state index in [1.807, 2.05) is 48.5 Å². The molecule has 0 atom stereocenters. The van der Waals surface area contributed by atoms with Crippen molar-refractivity contribution < 1.29 is 9.21 Å². The number of aromatic nitrogens is 1. The molecule has 0 spiro atoms. The first-order chi connectivity index (χ1) is 12.7. The van der Waals surface area contributed by atoms with Crippen molar-refractivity contribution in [2.45, 2.75) is 6.42 Å². The van der Waals surface area contributed by atoms with E-state index in [9.17, 15) is 4.79 Å². The summed E-state index contributed by atoms with van der Waals surface area (Å²) in [7, 11) is 0. The fourth-order valence-corrected chi connectivity index (χ4v) is 2.83. The van der Waals surface area contributed by atoms with Crippen molar-refractivity contribution in [3.63, 3.8) is 0 Å². The number of fused-ring (bicyclic) bond motifs is 1. The van der Waals surface area contributed by atoms with Gasteiger partial charge in [0.25, 0.3) is 0 Å². The van der Waals surface area contributed by atoms with Gasteiger partial charge >= 0.3 is 0 Å². The van der Waals surface area contributed by atoms with Gasteiger partial charge in [0.05, 0.1) is 6.42 Å². The average molecular weight is 363 g/mol. The first kappa shape index (κ1) is 16.4. The minimum Gasteiger partial charge on any atom is -0.436 e. The highest BCUT2D eigenvalue weighted by Gasteiger charge is 2.10. The van der Waals surface area contributed by atoms with E-state index in [1.54, 1.807) is 24.3 Å². The zero-order valence-electron chi connectivity index (χ0n) is 13.8. The fraction of sp³-hybridized carbons (Fsp3) is 0.0476. The Hall–Kier alpha value is -3.11. The summed E-state index contributed by atoms with van der Waals surface area (Å²) in [4.78, 5) is 16.7. The number of nitrogens with zero attached hydrogens (tertiary/aromatic N) is 1. The van der Waals surface area contributed by atoms with E-state index in [-0.39, 0.29) is 5.91 Å². The number of hydrogen-bond acceptors (Lipinski definition) is 3. The van der Waals surface area contributed by atoms with Crippen molar-refractivity contribution in [1.29, 1.82) is 0 Å². The molecule has 1 aromatic heterocycles. The lowest BCUT2D eigenvalue weighted by Gasteiger charge is -2.04. The average Bonchev–Trinajstić information content (AvgIpc) is 3.06. The lowest BCUT2D eigenvalue weighted by molar-refractivity contribution is -0.115. The van der Waals surface area contributed by atoms with Crippen LogP contribution in [0.15, 0.2) is 77.2 Å². The van der Waals surface area contributed by atoms with Gasteiger partial charge in [0.1, 0.15) is 5.52 Å². The summed E-state index contributed by atoms with van der Waals surface area (Å²) in [6.45, 7) is 0. The van der Waals surface area contributed by atoms with Crippen molar-refractivity contribution in [1.82, 2.24) is 4.98 Å². The van der Waals surface area contributed by atoms with Crippen LogP contribution in [0.3, 0.4) is 0 Å². The van der Waals surface area contributed by atoms with Gasteiger partial charge in [-0.25, -0.2) is 4.98 Å². The van der Waals surface area contributed by atoms with Gasteiger partial charge in [-0.1, -0.05) is 41.9 Å². The van der Waals surface area contributed by atoms with Gasteiger partial charge in [0, 0.05) is 16.3 Å². The van der Waals surface area contributed by atoms with Gasteiger partial charge < -0.3 is 9.73 Å². The minimum atomic E-state index is -0.0723. The molecule has 5 heteroatoms. The van der Waals surface area contributed by atoms with E-state index in [2.05, 4.69) is 10.3 Å². The highest BCUT2D eigenvalue weighted by atomic mass is 35.5. The second-order valence-corrected chi connectivity index (χ2v) is 6.36. The number of rotatable bonds is 4. The number of carbonyl (C=O) groups excluding carboxylic acids is 1. The lowest BCUT2D eigenvalue weighted by atomic mass is 10.1. The van der Waals surface area contributed by atoms with Crippen LogP contribution in [-0.4, -0.2) is 10.9 Å². The Labute approximate surface area is 155 Å². The van der Waals surface area contributed by atoms with Gasteiger partial charge in [-0.15, -0.1) is 0 Å². The van der Waals surface area contributed by atoms with Crippen molar-refractivity contribution in [2.75, 3.05) is 5.32 Å². The van der Waals surface area contributed by atoms with Gasteiger partial charge in [-0.3, -0.25) is 4.79 Å². The van der Waals surface area contributed by atoms with Gasteiger partial charge in [0.2, 0.25) is 11.8 Å². The SMILES string of the molecule is O=C(Cc1ccccc1)Nc1ccc2oc(-c3ccc(Cl)cc3)nc2c1. The smallest absolute Gasteiger partial charge is 0.228 e. The van der Waals surface area contributed by atoms with E-state index in [1.165, 1.54) is 0 Å². The molecule has 1 amide bonds. The quantitative estimate of drug-likeness (QED) is 0.534.